The molecule has 2 atom stereocenters. The van der Waals surface area contributed by atoms with E-state index < -0.39 is 5.41 Å². The fourth-order valence-corrected chi connectivity index (χ4v) is 3.68. The molecule has 2 aliphatic heterocycles. The van der Waals surface area contributed by atoms with Gasteiger partial charge in [-0.25, -0.2) is 0 Å². The number of hydrogen-bond acceptors (Lipinski definition) is 5. The molecule has 2 saturated heterocycles. The lowest BCUT2D eigenvalue weighted by molar-refractivity contribution is -0.143. The van der Waals surface area contributed by atoms with Crippen molar-refractivity contribution in [2.45, 2.75) is 19.5 Å². The third-order valence-electron chi connectivity index (χ3n) is 4.65. The average Bonchev–Trinajstić information content (AvgIpc) is 3.11. The maximum atomic E-state index is 12.7. The van der Waals surface area contributed by atoms with Crippen LogP contribution in [0.1, 0.15) is 12.5 Å². The van der Waals surface area contributed by atoms with E-state index in [1.807, 2.05) is 11.8 Å². The highest BCUT2D eigenvalue weighted by Crippen LogP contribution is 2.30. The van der Waals surface area contributed by atoms with Crippen LogP contribution in [0.25, 0.3) is 0 Å². The fourth-order valence-electron chi connectivity index (χ4n) is 3.02. The Balaban J connectivity index is 1.54. The highest BCUT2D eigenvalue weighted by molar-refractivity contribution is 7.07. The molecule has 21 heavy (non-hydrogen) atoms. The summed E-state index contributed by atoms with van der Waals surface area (Å²) in [6.07, 6.45) is 0. The van der Waals surface area contributed by atoms with Crippen LogP contribution in [-0.4, -0.2) is 61.1 Å². The van der Waals surface area contributed by atoms with Gasteiger partial charge in [-0.1, -0.05) is 0 Å². The van der Waals surface area contributed by atoms with E-state index in [0.717, 1.165) is 32.7 Å². The van der Waals surface area contributed by atoms with E-state index in [1.54, 1.807) is 11.3 Å². The van der Waals surface area contributed by atoms with Crippen molar-refractivity contribution >= 4 is 17.2 Å². The van der Waals surface area contributed by atoms with E-state index in [0.29, 0.717) is 13.2 Å². The number of rotatable bonds is 3. The summed E-state index contributed by atoms with van der Waals surface area (Å²) in [5.74, 6) is 0.155. The first-order valence-corrected chi connectivity index (χ1v) is 8.40. The molecule has 0 saturated carbocycles. The minimum absolute atomic E-state index is 0.155. The largest absolute Gasteiger partial charge is 0.379 e. The summed E-state index contributed by atoms with van der Waals surface area (Å²) in [6.45, 7) is 7.26. The summed E-state index contributed by atoms with van der Waals surface area (Å²) in [5.41, 5.74) is 6.87. The summed E-state index contributed by atoms with van der Waals surface area (Å²) in [4.78, 5) is 17.1. The normalized spacial score (nSPS) is 30.8. The first-order chi connectivity index (χ1) is 10.1. The lowest BCUT2D eigenvalue weighted by Crippen LogP contribution is -2.56. The van der Waals surface area contributed by atoms with Gasteiger partial charge < -0.3 is 15.4 Å². The molecule has 2 N–H and O–H groups in total. The van der Waals surface area contributed by atoms with E-state index in [9.17, 15) is 4.79 Å². The lowest BCUT2D eigenvalue weighted by atomic mass is 9.84. The SMILES string of the molecule is CC1(C(=O)N2CCN(Cc3ccsc3)CC2)COCC1N. The van der Waals surface area contributed by atoms with Crippen molar-refractivity contribution < 1.29 is 9.53 Å². The monoisotopic (exact) mass is 309 g/mol. The topological polar surface area (TPSA) is 58.8 Å². The molecule has 5 nitrogen and oxygen atoms in total. The van der Waals surface area contributed by atoms with Crippen molar-refractivity contribution in [3.05, 3.63) is 22.4 Å². The highest BCUT2D eigenvalue weighted by atomic mass is 32.1. The van der Waals surface area contributed by atoms with Crippen LogP contribution in [0, 0.1) is 5.41 Å². The smallest absolute Gasteiger partial charge is 0.232 e. The van der Waals surface area contributed by atoms with Crippen molar-refractivity contribution in [2.24, 2.45) is 11.1 Å². The molecule has 0 aromatic carbocycles. The second-order valence-corrected chi connectivity index (χ2v) is 7.02. The molecule has 1 amide bonds. The Morgan fingerprint density at radius 3 is 2.81 bits per heavy atom. The van der Waals surface area contributed by atoms with E-state index >= 15 is 0 Å². The van der Waals surface area contributed by atoms with Gasteiger partial charge in [0.25, 0.3) is 0 Å². The number of ether oxygens (including phenoxy) is 1. The molecule has 2 aliphatic rings. The number of piperazine rings is 1. The Morgan fingerprint density at radius 1 is 1.48 bits per heavy atom. The van der Waals surface area contributed by atoms with Crippen LogP contribution in [-0.2, 0) is 16.1 Å². The van der Waals surface area contributed by atoms with Crippen LogP contribution in [0.3, 0.4) is 0 Å². The first kappa shape index (κ1) is 15.0. The van der Waals surface area contributed by atoms with Crippen LogP contribution >= 0.6 is 11.3 Å². The predicted molar refractivity (Wildman–Crippen MR) is 83.1 cm³/mol. The third-order valence-corrected chi connectivity index (χ3v) is 5.38. The number of carbonyl (C=O) groups excluding carboxylic acids is 1. The summed E-state index contributed by atoms with van der Waals surface area (Å²) < 4.78 is 5.39. The number of carbonyl (C=O) groups is 1. The quantitative estimate of drug-likeness (QED) is 0.895. The van der Waals surface area contributed by atoms with Gasteiger partial charge in [-0.3, -0.25) is 9.69 Å². The number of amides is 1. The zero-order chi connectivity index (χ0) is 14.9. The minimum atomic E-state index is -0.546. The van der Waals surface area contributed by atoms with Crippen LogP contribution in [0.5, 0.6) is 0 Å². The van der Waals surface area contributed by atoms with E-state index in [-0.39, 0.29) is 11.9 Å². The molecule has 2 fully saturated rings. The zero-order valence-electron chi connectivity index (χ0n) is 12.5. The van der Waals surface area contributed by atoms with Gasteiger partial charge in [0.1, 0.15) is 0 Å². The minimum Gasteiger partial charge on any atom is -0.379 e. The van der Waals surface area contributed by atoms with Gasteiger partial charge in [-0.05, 0) is 29.3 Å². The molecular formula is C15H23N3O2S. The Hall–Kier alpha value is -0.950. The molecule has 1 aromatic heterocycles. The summed E-state index contributed by atoms with van der Waals surface area (Å²) >= 11 is 1.73. The van der Waals surface area contributed by atoms with Crippen molar-refractivity contribution in [1.29, 1.82) is 0 Å². The molecule has 6 heteroatoms. The van der Waals surface area contributed by atoms with Crippen LogP contribution in [0.4, 0.5) is 0 Å². The maximum Gasteiger partial charge on any atom is 0.232 e. The van der Waals surface area contributed by atoms with E-state index in [1.165, 1.54) is 5.56 Å². The highest BCUT2D eigenvalue weighted by Gasteiger charge is 2.46. The van der Waals surface area contributed by atoms with Gasteiger partial charge in [0.15, 0.2) is 0 Å². The van der Waals surface area contributed by atoms with Crippen molar-refractivity contribution in [2.75, 3.05) is 39.4 Å². The standard InChI is InChI=1S/C15H23N3O2S/c1-15(11-20-9-13(15)16)14(19)18-5-3-17(4-6-18)8-12-2-7-21-10-12/h2,7,10,13H,3-6,8-9,11,16H2,1H3. The average molecular weight is 309 g/mol. The molecule has 0 radical (unpaired) electrons. The molecule has 3 heterocycles. The number of nitrogens with two attached hydrogens (primary N) is 1. The number of hydrogen-bond donors (Lipinski definition) is 1. The molecular weight excluding hydrogens is 286 g/mol. The Morgan fingerprint density at radius 2 is 2.24 bits per heavy atom. The second-order valence-electron chi connectivity index (χ2n) is 6.24. The summed E-state index contributed by atoms with van der Waals surface area (Å²) in [5, 5.41) is 4.30. The Labute approximate surface area is 129 Å². The molecule has 0 aliphatic carbocycles. The van der Waals surface area contributed by atoms with Gasteiger partial charge >= 0.3 is 0 Å². The molecule has 2 unspecified atom stereocenters. The molecule has 3 rings (SSSR count). The number of nitrogens with zero attached hydrogens (tertiary/aromatic N) is 2. The van der Waals surface area contributed by atoms with Crippen molar-refractivity contribution in [1.82, 2.24) is 9.80 Å². The Kier molecular flexibility index (Phi) is 4.31. The zero-order valence-corrected chi connectivity index (χ0v) is 13.3. The number of thiophene rings is 1. The van der Waals surface area contributed by atoms with Crippen LogP contribution in [0.15, 0.2) is 16.8 Å². The Bertz CT molecular complexity index is 485. The maximum absolute atomic E-state index is 12.7. The van der Waals surface area contributed by atoms with Gasteiger partial charge in [0.05, 0.1) is 18.6 Å². The van der Waals surface area contributed by atoms with Crippen LogP contribution in [0.2, 0.25) is 0 Å². The van der Waals surface area contributed by atoms with E-state index in [4.69, 9.17) is 10.5 Å². The molecule has 1 aromatic rings. The molecule has 116 valence electrons. The molecule has 0 spiro atoms. The predicted octanol–water partition coefficient (Wildman–Crippen LogP) is 0.756. The van der Waals surface area contributed by atoms with Crippen molar-refractivity contribution in [3.8, 4) is 0 Å². The van der Waals surface area contributed by atoms with Gasteiger partial charge in [-0.2, -0.15) is 11.3 Å². The van der Waals surface area contributed by atoms with Gasteiger partial charge in [0.2, 0.25) is 5.91 Å². The molecule has 0 bridgehead atoms. The van der Waals surface area contributed by atoms with Crippen molar-refractivity contribution in [3.63, 3.8) is 0 Å². The first-order valence-electron chi connectivity index (χ1n) is 7.46. The third kappa shape index (κ3) is 2.99. The summed E-state index contributed by atoms with van der Waals surface area (Å²) in [7, 11) is 0. The fraction of sp³-hybridized carbons (Fsp3) is 0.667. The van der Waals surface area contributed by atoms with Gasteiger partial charge in [0, 0.05) is 38.8 Å². The van der Waals surface area contributed by atoms with Crippen LogP contribution < -0.4 is 5.73 Å². The van der Waals surface area contributed by atoms with E-state index in [2.05, 4.69) is 21.7 Å². The second kappa shape index (κ2) is 6.04. The summed E-state index contributed by atoms with van der Waals surface area (Å²) in [6, 6.07) is 1.98. The van der Waals surface area contributed by atoms with Gasteiger partial charge in [-0.15, -0.1) is 0 Å². The lowest BCUT2D eigenvalue weighted by Gasteiger charge is -2.39.